The Morgan fingerprint density at radius 2 is 2.14 bits per heavy atom. The van der Waals surface area contributed by atoms with E-state index in [0.29, 0.717) is 5.92 Å². The van der Waals surface area contributed by atoms with Crippen LogP contribution in [0, 0.1) is 5.92 Å². The molecule has 0 aromatic heterocycles. The van der Waals surface area contributed by atoms with E-state index in [1.54, 1.807) is 6.20 Å². The van der Waals surface area contributed by atoms with E-state index in [4.69, 9.17) is 0 Å². The fourth-order valence-corrected chi connectivity index (χ4v) is 1.65. The Bertz CT molecular complexity index is 381. The van der Waals surface area contributed by atoms with Crippen molar-refractivity contribution in [2.45, 2.75) is 13.8 Å². The molecule has 0 bridgehead atoms. The van der Waals surface area contributed by atoms with Crippen molar-refractivity contribution >= 4 is 5.84 Å². The van der Waals surface area contributed by atoms with Crippen LogP contribution in [0.5, 0.6) is 0 Å². The number of hydrogen-bond acceptors (Lipinski definition) is 2. The second kappa shape index (κ2) is 3.29. The number of rotatable bonds is 1. The van der Waals surface area contributed by atoms with E-state index in [9.17, 15) is 0 Å². The number of hydrogen-bond donors (Lipinski definition) is 0. The Morgan fingerprint density at radius 1 is 1.36 bits per heavy atom. The first-order valence-electron chi connectivity index (χ1n) is 4.82. The van der Waals surface area contributed by atoms with Crippen molar-refractivity contribution < 1.29 is 0 Å². The van der Waals surface area contributed by atoms with Gasteiger partial charge in [0.2, 0.25) is 0 Å². The lowest BCUT2D eigenvalue weighted by molar-refractivity contribution is 0.541. The van der Waals surface area contributed by atoms with Gasteiger partial charge in [-0.15, -0.1) is 0 Å². The van der Waals surface area contributed by atoms with Crippen LogP contribution in [0.2, 0.25) is 0 Å². The molecule has 0 spiro atoms. The maximum atomic E-state index is 4.31. The summed E-state index contributed by atoms with van der Waals surface area (Å²) in [6.07, 6.45) is 9.88. The molecular weight excluding hydrogens is 172 g/mol. The number of fused-ring (bicyclic) bond motifs is 1. The second-order valence-electron chi connectivity index (χ2n) is 3.74. The highest BCUT2D eigenvalue weighted by atomic mass is 15.2. The molecule has 0 amide bonds. The van der Waals surface area contributed by atoms with E-state index in [-0.39, 0.29) is 0 Å². The van der Waals surface area contributed by atoms with E-state index in [2.05, 4.69) is 36.4 Å². The van der Waals surface area contributed by atoms with Gasteiger partial charge in [0.15, 0.2) is 0 Å². The van der Waals surface area contributed by atoms with E-state index in [0.717, 1.165) is 11.5 Å². The van der Waals surface area contributed by atoms with Crippen LogP contribution in [0.1, 0.15) is 13.8 Å². The molecule has 72 valence electrons. The van der Waals surface area contributed by atoms with E-state index < -0.39 is 0 Å². The molecular formula is C12H14N2. The average Bonchev–Trinajstić information content (AvgIpc) is 2.17. The van der Waals surface area contributed by atoms with Gasteiger partial charge in [0.1, 0.15) is 5.84 Å². The van der Waals surface area contributed by atoms with Gasteiger partial charge in [-0.3, -0.25) is 4.90 Å². The van der Waals surface area contributed by atoms with Crippen molar-refractivity contribution in [3.05, 3.63) is 48.5 Å². The predicted octanol–water partition coefficient (Wildman–Crippen LogP) is 2.84. The normalized spacial score (nSPS) is 19.6. The van der Waals surface area contributed by atoms with Crippen LogP contribution in [-0.4, -0.2) is 10.7 Å². The number of nitrogens with zero attached hydrogens (tertiary/aromatic N) is 2. The monoisotopic (exact) mass is 186 g/mol. The Morgan fingerprint density at radius 3 is 2.86 bits per heavy atom. The van der Waals surface area contributed by atoms with E-state index in [1.165, 1.54) is 5.70 Å². The first kappa shape index (κ1) is 9.00. The highest BCUT2D eigenvalue weighted by Crippen LogP contribution is 2.26. The largest absolute Gasteiger partial charge is 0.299 e. The van der Waals surface area contributed by atoms with Crippen LogP contribution in [0.15, 0.2) is 53.5 Å². The summed E-state index contributed by atoms with van der Waals surface area (Å²) in [7, 11) is 0. The zero-order chi connectivity index (χ0) is 10.1. The van der Waals surface area contributed by atoms with Gasteiger partial charge in [-0.2, -0.15) is 0 Å². The summed E-state index contributed by atoms with van der Waals surface area (Å²) < 4.78 is 0. The van der Waals surface area contributed by atoms with Crippen LogP contribution in [0.25, 0.3) is 0 Å². The maximum Gasteiger partial charge on any atom is 0.137 e. The number of amidine groups is 1. The third kappa shape index (κ3) is 1.33. The van der Waals surface area contributed by atoms with Crippen LogP contribution >= 0.6 is 0 Å². The first-order valence-corrected chi connectivity index (χ1v) is 4.82. The zero-order valence-electron chi connectivity index (χ0n) is 8.57. The minimum Gasteiger partial charge on any atom is -0.299 e. The molecule has 0 fully saturated rings. The molecule has 2 aliphatic rings. The van der Waals surface area contributed by atoms with E-state index in [1.807, 2.05) is 18.2 Å². The molecule has 0 saturated carbocycles. The number of aliphatic imine (C=N–C) groups is 1. The smallest absolute Gasteiger partial charge is 0.137 e. The predicted molar refractivity (Wildman–Crippen MR) is 59.6 cm³/mol. The SMILES string of the molecule is C=C1C=CN=C2C=CC=C(C(C)C)N12. The van der Waals surface area contributed by atoms with Gasteiger partial charge in [-0.05, 0) is 24.1 Å². The molecule has 2 nitrogen and oxygen atoms in total. The number of allylic oxidation sites excluding steroid dienone is 4. The van der Waals surface area contributed by atoms with Crippen molar-refractivity contribution in [2.24, 2.45) is 10.9 Å². The Labute approximate surface area is 84.6 Å². The molecule has 2 heterocycles. The Kier molecular flexibility index (Phi) is 2.12. The first-order chi connectivity index (χ1) is 6.70. The molecule has 0 unspecified atom stereocenters. The molecule has 0 aliphatic carbocycles. The van der Waals surface area contributed by atoms with Crippen LogP contribution in [0.4, 0.5) is 0 Å². The van der Waals surface area contributed by atoms with Crippen molar-refractivity contribution in [3.8, 4) is 0 Å². The van der Waals surface area contributed by atoms with Crippen molar-refractivity contribution in [1.82, 2.24) is 4.90 Å². The fraction of sp³-hybridized carbons (Fsp3) is 0.250. The van der Waals surface area contributed by atoms with Crippen LogP contribution in [-0.2, 0) is 0 Å². The third-order valence-corrected chi connectivity index (χ3v) is 2.35. The topological polar surface area (TPSA) is 15.6 Å². The van der Waals surface area contributed by atoms with Gasteiger partial charge in [-0.25, -0.2) is 4.99 Å². The summed E-state index contributed by atoms with van der Waals surface area (Å²) in [5.74, 6) is 1.44. The fourth-order valence-electron chi connectivity index (χ4n) is 1.65. The van der Waals surface area contributed by atoms with Gasteiger partial charge in [0.05, 0.1) is 0 Å². The summed E-state index contributed by atoms with van der Waals surface area (Å²) in [6.45, 7) is 8.36. The minimum absolute atomic E-state index is 0.480. The van der Waals surface area contributed by atoms with Crippen molar-refractivity contribution in [1.29, 1.82) is 0 Å². The molecule has 0 aromatic rings. The molecule has 0 aromatic carbocycles. The summed E-state index contributed by atoms with van der Waals surface area (Å²) in [4.78, 5) is 6.41. The molecule has 2 rings (SSSR count). The average molecular weight is 186 g/mol. The lowest BCUT2D eigenvalue weighted by Gasteiger charge is -2.33. The Balaban J connectivity index is 2.43. The molecule has 2 heteroatoms. The van der Waals surface area contributed by atoms with Gasteiger partial charge in [0, 0.05) is 17.6 Å². The molecule has 0 atom stereocenters. The van der Waals surface area contributed by atoms with Crippen LogP contribution in [0.3, 0.4) is 0 Å². The van der Waals surface area contributed by atoms with Gasteiger partial charge >= 0.3 is 0 Å². The quantitative estimate of drug-likeness (QED) is 0.614. The molecule has 2 aliphatic heterocycles. The lowest BCUT2D eigenvalue weighted by Crippen LogP contribution is -2.32. The maximum absolute atomic E-state index is 4.31. The second-order valence-corrected chi connectivity index (χ2v) is 3.74. The Hall–Kier alpha value is -1.57. The lowest BCUT2D eigenvalue weighted by atomic mass is 10.0. The van der Waals surface area contributed by atoms with Gasteiger partial charge in [0.25, 0.3) is 0 Å². The zero-order valence-corrected chi connectivity index (χ0v) is 8.57. The summed E-state index contributed by atoms with van der Waals surface area (Å²) in [6, 6.07) is 0. The summed E-state index contributed by atoms with van der Waals surface area (Å²) >= 11 is 0. The molecule has 14 heavy (non-hydrogen) atoms. The van der Waals surface area contributed by atoms with E-state index >= 15 is 0 Å². The molecule has 0 saturated heterocycles. The highest BCUT2D eigenvalue weighted by molar-refractivity contribution is 5.98. The van der Waals surface area contributed by atoms with Gasteiger partial charge < -0.3 is 0 Å². The standard InChI is InChI=1S/C12H14N2/c1-9(2)11-5-4-6-12-13-8-7-10(3)14(11)12/h4-9H,3H2,1-2H3. The van der Waals surface area contributed by atoms with Crippen molar-refractivity contribution in [3.63, 3.8) is 0 Å². The van der Waals surface area contributed by atoms with Crippen molar-refractivity contribution in [2.75, 3.05) is 0 Å². The minimum atomic E-state index is 0.480. The molecule has 0 radical (unpaired) electrons. The molecule has 0 N–H and O–H groups in total. The summed E-state index contributed by atoms with van der Waals surface area (Å²) in [5, 5.41) is 0. The van der Waals surface area contributed by atoms with Crippen LogP contribution < -0.4 is 0 Å². The third-order valence-electron chi connectivity index (χ3n) is 2.35. The summed E-state index contributed by atoms with van der Waals surface area (Å²) in [5.41, 5.74) is 2.24. The van der Waals surface area contributed by atoms with Gasteiger partial charge in [-0.1, -0.05) is 26.5 Å². The highest BCUT2D eigenvalue weighted by Gasteiger charge is 2.21.